The van der Waals surface area contributed by atoms with Crippen molar-refractivity contribution in [3.63, 3.8) is 0 Å². The van der Waals surface area contributed by atoms with Crippen molar-refractivity contribution in [1.29, 1.82) is 5.26 Å². The number of nitriles is 1. The Morgan fingerprint density at radius 3 is 2.41 bits per heavy atom. The molecule has 8 nitrogen and oxygen atoms in total. The van der Waals surface area contributed by atoms with Gasteiger partial charge in [-0.15, -0.1) is 10.2 Å². The van der Waals surface area contributed by atoms with E-state index >= 15 is 0 Å². The van der Waals surface area contributed by atoms with Crippen LogP contribution in [0.5, 0.6) is 17.2 Å². The zero-order valence-electron chi connectivity index (χ0n) is 19.1. The number of hydrogen-bond acceptors (Lipinski definition) is 8. The lowest BCUT2D eigenvalue weighted by molar-refractivity contribution is -0.112. The molecule has 0 spiro atoms. The summed E-state index contributed by atoms with van der Waals surface area (Å²) in [5.41, 5.74) is 2.47. The molecule has 0 unspecified atom stereocenters. The van der Waals surface area contributed by atoms with E-state index in [0.29, 0.717) is 33.8 Å². The summed E-state index contributed by atoms with van der Waals surface area (Å²) in [7, 11) is 1.48. The van der Waals surface area contributed by atoms with Gasteiger partial charge in [0, 0.05) is 0 Å². The smallest absolute Gasteiger partial charge is 0.268 e. The lowest BCUT2D eigenvalue weighted by Crippen LogP contribution is -2.13. The maximum absolute atomic E-state index is 12.4. The third-order valence-electron chi connectivity index (χ3n) is 4.66. The molecule has 1 amide bonds. The van der Waals surface area contributed by atoms with Crippen LogP contribution in [0.2, 0.25) is 5.02 Å². The lowest BCUT2D eigenvalue weighted by Gasteiger charge is -2.15. The van der Waals surface area contributed by atoms with Crippen LogP contribution in [0.25, 0.3) is 6.08 Å². The zero-order valence-corrected chi connectivity index (χ0v) is 20.7. The number of rotatable bonds is 9. The van der Waals surface area contributed by atoms with Crippen molar-refractivity contribution in [2.45, 2.75) is 20.8 Å². The molecule has 10 heteroatoms. The molecule has 0 saturated carbocycles. The van der Waals surface area contributed by atoms with Gasteiger partial charge < -0.3 is 14.2 Å². The van der Waals surface area contributed by atoms with E-state index in [9.17, 15) is 10.1 Å². The Kier molecular flexibility index (Phi) is 8.46. The first kappa shape index (κ1) is 25.0. The highest BCUT2D eigenvalue weighted by molar-refractivity contribution is 7.15. The second-order valence-electron chi connectivity index (χ2n) is 7.20. The first-order valence-electron chi connectivity index (χ1n) is 10.2. The van der Waals surface area contributed by atoms with Crippen molar-refractivity contribution in [3.8, 4) is 23.3 Å². The van der Waals surface area contributed by atoms with Crippen LogP contribution in [0.3, 0.4) is 0 Å². The van der Waals surface area contributed by atoms with Crippen LogP contribution >= 0.6 is 22.9 Å². The quantitative estimate of drug-likeness (QED) is 0.247. The van der Waals surface area contributed by atoms with Gasteiger partial charge in [-0.3, -0.25) is 10.1 Å². The van der Waals surface area contributed by atoms with Crippen molar-refractivity contribution in [2.75, 3.05) is 25.6 Å². The first-order valence-corrected chi connectivity index (χ1v) is 11.4. The number of benzene rings is 2. The van der Waals surface area contributed by atoms with Gasteiger partial charge in [-0.1, -0.05) is 41.1 Å². The minimum atomic E-state index is -0.599. The van der Waals surface area contributed by atoms with Gasteiger partial charge in [0.2, 0.25) is 5.13 Å². The predicted molar refractivity (Wildman–Crippen MR) is 132 cm³/mol. The molecule has 0 atom stereocenters. The van der Waals surface area contributed by atoms with Crippen LogP contribution in [0, 0.1) is 32.1 Å². The molecule has 0 aliphatic carbocycles. The van der Waals surface area contributed by atoms with Gasteiger partial charge in [0.15, 0.2) is 11.5 Å². The number of aromatic nitrogens is 2. The number of nitrogens with one attached hydrogen (secondary N) is 1. The van der Waals surface area contributed by atoms with Crippen molar-refractivity contribution >= 4 is 40.1 Å². The molecule has 3 rings (SSSR count). The van der Waals surface area contributed by atoms with Gasteiger partial charge >= 0.3 is 0 Å². The van der Waals surface area contributed by atoms with Gasteiger partial charge in [0.05, 0.1) is 12.1 Å². The molecule has 0 saturated heterocycles. The molecule has 2 aromatic carbocycles. The van der Waals surface area contributed by atoms with Crippen LogP contribution < -0.4 is 19.5 Å². The van der Waals surface area contributed by atoms with Crippen LogP contribution in [0.1, 0.15) is 21.7 Å². The van der Waals surface area contributed by atoms with E-state index < -0.39 is 5.91 Å². The Morgan fingerprint density at radius 2 is 1.82 bits per heavy atom. The maximum Gasteiger partial charge on any atom is 0.268 e. The van der Waals surface area contributed by atoms with Crippen LogP contribution in [0.15, 0.2) is 35.9 Å². The number of ether oxygens (including phenoxy) is 3. The SMILES string of the molecule is COc1cc(/C=C(/C#N)C(=O)Nc2nnc(C)s2)cc(Cl)c1OCCOc1c(C)cccc1C. The monoisotopic (exact) mass is 498 g/mol. The molecule has 0 bridgehead atoms. The molecule has 34 heavy (non-hydrogen) atoms. The van der Waals surface area contributed by atoms with E-state index in [0.717, 1.165) is 16.9 Å². The number of nitrogens with zero attached hydrogens (tertiary/aromatic N) is 3. The molecule has 0 radical (unpaired) electrons. The van der Waals surface area contributed by atoms with Crippen LogP contribution in [0.4, 0.5) is 5.13 Å². The number of anilines is 1. The summed E-state index contributed by atoms with van der Waals surface area (Å²) in [5.74, 6) is 0.940. The minimum Gasteiger partial charge on any atom is -0.493 e. The fourth-order valence-electron chi connectivity index (χ4n) is 3.10. The van der Waals surface area contributed by atoms with Gasteiger partial charge in [0.25, 0.3) is 5.91 Å². The van der Waals surface area contributed by atoms with E-state index in [-0.39, 0.29) is 17.2 Å². The lowest BCUT2D eigenvalue weighted by atomic mass is 10.1. The standard InChI is InChI=1S/C24H23ClN4O4S/c1-14-6-5-7-15(2)21(14)32-8-9-33-22-19(25)11-17(12-20(22)31-4)10-18(13-26)23(30)27-24-29-28-16(3)34-24/h5-7,10-12H,8-9H2,1-4H3,(H,27,29,30)/b18-10-. The summed E-state index contributed by atoms with van der Waals surface area (Å²) in [4.78, 5) is 12.4. The minimum absolute atomic E-state index is 0.123. The topological polar surface area (TPSA) is 106 Å². The van der Waals surface area contributed by atoms with E-state index in [1.807, 2.05) is 38.1 Å². The summed E-state index contributed by atoms with van der Waals surface area (Å²) in [5, 5.41) is 21.0. The molecule has 1 heterocycles. The maximum atomic E-state index is 12.4. The van der Waals surface area contributed by atoms with Gasteiger partial charge in [-0.25, -0.2) is 0 Å². The Bertz CT molecular complexity index is 1250. The van der Waals surface area contributed by atoms with E-state index in [1.165, 1.54) is 24.5 Å². The van der Waals surface area contributed by atoms with E-state index in [4.69, 9.17) is 25.8 Å². The third-order valence-corrected chi connectivity index (χ3v) is 5.69. The normalized spacial score (nSPS) is 11.0. The van der Waals surface area contributed by atoms with Crippen molar-refractivity contribution in [1.82, 2.24) is 10.2 Å². The molecule has 0 fully saturated rings. The Balaban J connectivity index is 1.70. The molecule has 0 aliphatic heterocycles. The number of amides is 1. The Morgan fingerprint density at radius 1 is 1.15 bits per heavy atom. The molecule has 1 N–H and O–H groups in total. The van der Waals surface area contributed by atoms with Crippen molar-refractivity contribution in [2.24, 2.45) is 0 Å². The van der Waals surface area contributed by atoms with Gasteiger partial charge in [0.1, 0.15) is 35.6 Å². The number of hydrogen-bond donors (Lipinski definition) is 1. The van der Waals surface area contributed by atoms with Gasteiger partial charge in [-0.05, 0) is 55.7 Å². The number of para-hydroxylation sites is 1. The highest BCUT2D eigenvalue weighted by Crippen LogP contribution is 2.37. The number of aryl methyl sites for hydroxylation is 3. The summed E-state index contributed by atoms with van der Waals surface area (Å²) in [6.45, 7) is 6.30. The molecular weight excluding hydrogens is 476 g/mol. The van der Waals surface area contributed by atoms with Crippen LogP contribution in [-0.2, 0) is 4.79 Å². The largest absolute Gasteiger partial charge is 0.493 e. The predicted octanol–water partition coefficient (Wildman–Crippen LogP) is 5.13. The highest BCUT2D eigenvalue weighted by atomic mass is 35.5. The van der Waals surface area contributed by atoms with Crippen LogP contribution in [-0.4, -0.2) is 36.4 Å². The van der Waals surface area contributed by atoms with E-state index in [1.54, 1.807) is 19.1 Å². The fraction of sp³-hybridized carbons (Fsp3) is 0.250. The highest BCUT2D eigenvalue weighted by Gasteiger charge is 2.15. The van der Waals surface area contributed by atoms with Crippen molar-refractivity contribution < 1.29 is 19.0 Å². The Hall–Kier alpha value is -3.61. The third kappa shape index (κ3) is 6.25. The summed E-state index contributed by atoms with van der Waals surface area (Å²) < 4.78 is 17.1. The molecule has 3 aromatic rings. The fourth-order valence-corrected chi connectivity index (χ4v) is 3.96. The molecular formula is C24H23ClN4O4S. The molecule has 176 valence electrons. The number of halogens is 1. The Labute approximate surface area is 206 Å². The summed E-state index contributed by atoms with van der Waals surface area (Å²) in [6.07, 6.45) is 1.41. The number of carbonyl (C=O) groups is 1. The second kappa shape index (κ2) is 11.5. The molecule has 0 aliphatic rings. The van der Waals surface area contributed by atoms with E-state index in [2.05, 4.69) is 15.5 Å². The van der Waals surface area contributed by atoms with Gasteiger partial charge in [-0.2, -0.15) is 5.26 Å². The zero-order chi connectivity index (χ0) is 24.7. The average molecular weight is 499 g/mol. The summed E-state index contributed by atoms with van der Waals surface area (Å²) >= 11 is 7.63. The molecule has 1 aromatic heterocycles. The van der Waals surface area contributed by atoms with Crippen molar-refractivity contribution in [3.05, 3.63) is 62.6 Å². The second-order valence-corrected chi connectivity index (χ2v) is 8.79. The average Bonchev–Trinajstić information content (AvgIpc) is 3.21. The number of carbonyl (C=O) groups excluding carboxylic acids is 1. The summed E-state index contributed by atoms with van der Waals surface area (Å²) in [6, 6.07) is 11.1. The number of methoxy groups -OCH3 is 1. The first-order chi connectivity index (χ1) is 16.3.